The van der Waals surface area contributed by atoms with Crippen LogP contribution < -0.4 is 5.32 Å². The van der Waals surface area contributed by atoms with Crippen LogP contribution in [-0.4, -0.2) is 11.1 Å². The summed E-state index contributed by atoms with van der Waals surface area (Å²) in [5.74, 6) is -1.04. The van der Waals surface area contributed by atoms with E-state index in [1.165, 1.54) is 0 Å². The maximum Gasteiger partial charge on any atom is 0.417 e. The summed E-state index contributed by atoms with van der Waals surface area (Å²) in [6.07, 6.45) is -9.66. The minimum absolute atomic E-state index is 0.234. The molecule has 0 saturated carbocycles. The van der Waals surface area contributed by atoms with Crippen LogP contribution in [0, 0.1) is 0 Å². The molecule has 1 aliphatic heterocycles. The number of hydrogen-bond donors (Lipinski definition) is 1. The summed E-state index contributed by atoms with van der Waals surface area (Å²) in [4.78, 5) is 21.8. The molecule has 1 aromatic rings. The second-order valence-electron chi connectivity index (χ2n) is 4.11. The maximum atomic E-state index is 12.9. The van der Waals surface area contributed by atoms with Crippen LogP contribution in [0.15, 0.2) is 23.1 Å². The summed E-state index contributed by atoms with van der Waals surface area (Å²) in [6, 6.07) is 1.57. The Morgan fingerprint density at radius 1 is 0.955 bits per heavy atom. The van der Waals surface area contributed by atoms with Gasteiger partial charge in [0.05, 0.1) is 16.0 Å². The van der Waals surface area contributed by atoms with Crippen molar-refractivity contribution in [1.29, 1.82) is 0 Å². The first-order chi connectivity index (χ1) is 10.00. The Kier molecular flexibility index (Phi) is 3.98. The molecule has 0 atom stereocenters. The SMILES string of the molecule is O=C1NC(=O)C(=Cc2c(C(F)(F)F)cccc2C(F)(F)F)S1. The average Bonchev–Trinajstić information content (AvgIpc) is 2.65. The standard InChI is InChI=1S/C12H5F6NO2S/c13-11(14,15)6-2-1-3-7(12(16,17)18)5(6)4-8-9(20)19-10(21)22-8/h1-4H,(H,19,20,21). The number of hydrogen-bond acceptors (Lipinski definition) is 3. The number of thioether (sulfide) groups is 1. The number of benzene rings is 1. The molecule has 1 heterocycles. The number of alkyl halides is 6. The molecule has 1 saturated heterocycles. The van der Waals surface area contributed by atoms with E-state index in [1.54, 1.807) is 5.32 Å². The fraction of sp³-hybridized carbons (Fsp3) is 0.167. The third kappa shape index (κ3) is 3.26. The minimum Gasteiger partial charge on any atom is -0.282 e. The number of carbonyl (C=O) groups excluding carboxylic acids is 2. The predicted octanol–water partition coefficient (Wildman–Crippen LogP) is 4.05. The Bertz CT molecular complexity index is 645. The lowest BCUT2D eigenvalue weighted by Gasteiger charge is -2.16. The largest absolute Gasteiger partial charge is 0.417 e. The van der Waals surface area contributed by atoms with Gasteiger partial charge in [-0.3, -0.25) is 14.9 Å². The number of carbonyl (C=O) groups is 2. The Morgan fingerprint density at radius 2 is 1.45 bits per heavy atom. The van der Waals surface area contributed by atoms with Crippen molar-refractivity contribution in [2.24, 2.45) is 0 Å². The lowest BCUT2D eigenvalue weighted by molar-refractivity contribution is -0.143. The molecule has 2 amide bonds. The molecule has 2 rings (SSSR count). The third-order valence-electron chi connectivity index (χ3n) is 2.63. The Hall–Kier alpha value is -1.97. The molecule has 1 N–H and O–H groups in total. The van der Waals surface area contributed by atoms with Crippen LogP contribution in [-0.2, 0) is 17.1 Å². The molecule has 22 heavy (non-hydrogen) atoms. The molecule has 0 aliphatic carbocycles. The smallest absolute Gasteiger partial charge is 0.282 e. The molecular formula is C12H5F6NO2S. The van der Waals surface area contributed by atoms with Crippen molar-refractivity contribution in [2.45, 2.75) is 12.4 Å². The number of halogens is 6. The van der Waals surface area contributed by atoms with Gasteiger partial charge in [-0.25, -0.2) is 0 Å². The minimum atomic E-state index is -5.04. The number of amides is 2. The molecule has 0 unspecified atom stereocenters. The van der Waals surface area contributed by atoms with Gasteiger partial charge in [-0.05, 0) is 30.0 Å². The molecular weight excluding hydrogens is 336 g/mol. The molecule has 1 aliphatic rings. The van der Waals surface area contributed by atoms with E-state index in [-0.39, 0.29) is 11.8 Å². The van der Waals surface area contributed by atoms with Gasteiger partial charge in [-0.2, -0.15) is 26.3 Å². The normalized spacial score (nSPS) is 18.0. The lowest BCUT2D eigenvalue weighted by Crippen LogP contribution is -2.18. The van der Waals surface area contributed by atoms with Crippen LogP contribution in [0.1, 0.15) is 16.7 Å². The first-order valence-corrected chi connectivity index (χ1v) is 6.34. The monoisotopic (exact) mass is 341 g/mol. The van der Waals surface area contributed by atoms with E-state index in [2.05, 4.69) is 0 Å². The van der Waals surface area contributed by atoms with Gasteiger partial charge >= 0.3 is 12.4 Å². The zero-order chi connectivity index (χ0) is 16.7. The summed E-state index contributed by atoms with van der Waals surface area (Å²) < 4.78 is 77.4. The highest BCUT2D eigenvalue weighted by Crippen LogP contribution is 2.41. The van der Waals surface area contributed by atoms with E-state index in [1.807, 2.05) is 0 Å². The van der Waals surface area contributed by atoms with Gasteiger partial charge in [0.1, 0.15) is 0 Å². The van der Waals surface area contributed by atoms with Gasteiger partial charge in [-0.1, -0.05) is 6.07 Å². The zero-order valence-electron chi connectivity index (χ0n) is 10.3. The Morgan fingerprint density at radius 3 is 1.82 bits per heavy atom. The van der Waals surface area contributed by atoms with Crippen molar-refractivity contribution in [3.63, 3.8) is 0 Å². The van der Waals surface area contributed by atoms with Crippen LogP contribution >= 0.6 is 11.8 Å². The van der Waals surface area contributed by atoms with Crippen LogP contribution in [0.5, 0.6) is 0 Å². The van der Waals surface area contributed by atoms with Gasteiger partial charge in [0.15, 0.2) is 0 Å². The molecule has 10 heteroatoms. The van der Waals surface area contributed by atoms with E-state index < -0.39 is 45.1 Å². The molecule has 1 aromatic carbocycles. The van der Waals surface area contributed by atoms with E-state index in [4.69, 9.17) is 0 Å². The summed E-state index contributed by atoms with van der Waals surface area (Å²) in [5.41, 5.74) is -4.28. The average molecular weight is 341 g/mol. The van der Waals surface area contributed by atoms with Gasteiger partial charge < -0.3 is 0 Å². The van der Waals surface area contributed by atoms with Crippen LogP contribution in [0.25, 0.3) is 6.08 Å². The molecule has 0 spiro atoms. The molecule has 1 fully saturated rings. The molecule has 0 bridgehead atoms. The van der Waals surface area contributed by atoms with E-state index in [0.717, 1.165) is 0 Å². The maximum absolute atomic E-state index is 12.9. The number of rotatable bonds is 1. The molecule has 0 aromatic heterocycles. The topological polar surface area (TPSA) is 46.2 Å². The second-order valence-corrected chi connectivity index (χ2v) is 5.13. The first kappa shape index (κ1) is 16.4. The lowest BCUT2D eigenvalue weighted by atomic mass is 9.99. The fourth-order valence-corrected chi connectivity index (χ4v) is 2.43. The van der Waals surface area contributed by atoms with Gasteiger partial charge in [0.25, 0.3) is 11.1 Å². The van der Waals surface area contributed by atoms with Gasteiger partial charge in [0.2, 0.25) is 0 Å². The highest BCUT2D eigenvalue weighted by Gasteiger charge is 2.40. The van der Waals surface area contributed by atoms with E-state index >= 15 is 0 Å². The fourth-order valence-electron chi connectivity index (χ4n) is 1.77. The van der Waals surface area contributed by atoms with Crippen molar-refractivity contribution < 1.29 is 35.9 Å². The van der Waals surface area contributed by atoms with E-state index in [0.29, 0.717) is 24.3 Å². The summed E-state index contributed by atoms with van der Waals surface area (Å²) in [6.45, 7) is 0. The molecule has 118 valence electrons. The van der Waals surface area contributed by atoms with Crippen LogP contribution in [0.4, 0.5) is 31.1 Å². The quantitative estimate of drug-likeness (QED) is 0.619. The van der Waals surface area contributed by atoms with Gasteiger partial charge in [-0.15, -0.1) is 0 Å². The van der Waals surface area contributed by atoms with Crippen molar-refractivity contribution >= 4 is 29.0 Å². The molecule has 3 nitrogen and oxygen atoms in total. The zero-order valence-corrected chi connectivity index (χ0v) is 11.1. The Balaban J connectivity index is 2.69. The summed E-state index contributed by atoms with van der Waals surface area (Å²) in [5, 5.41) is 0.891. The Labute approximate surface area is 123 Å². The summed E-state index contributed by atoms with van der Waals surface area (Å²) >= 11 is 0.234. The van der Waals surface area contributed by atoms with Crippen molar-refractivity contribution in [3.8, 4) is 0 Å². The van der Waals surface area contributed by atoms with Crippen molar-refractivity contribution in [2.75, 3.05) is 0 Å². The van der Waals surface area contributed by atoms with Crippen LogP contribution in [0.3, 0.4) is 0 Å². The van der Waals surface area contributed by atoms with Crippen LogP contribution in [0.2, 0.25) is 0 Å². The molecule has 0 radical (unpaired) electrons. The second kappa shape index (κ2) is 5.34. The highest BCUT2D eigenvalue weighted by molar-refractivity contribution is 8.18. The predicted molar refractivity (Wildman–Crippen MR) is 65.6 cm³/mol. The van der Waals surface area contributed by atoms with Gasteiger partial charge in [0, 0.05) is 5.56 Å². The number of imide groups is 1. The number of nitrogens with one attached hydrogen (secondary N) is 1. The highest BCUT2D eigenvalue weighted by atomic mass is 32.2. The van der Waals surface area contributed by atoms with Crippen molar-refractivity contribution in [1.82, 2.24) is 5.32 Å². The third-order valence-corrected chi connectivity index (χ3v) is 3.45. The first-order valence-electron chi connectivity index (χ1n) is 5.52. The van der Waals surface area contributed by atoms with Crippen molar-refractivity contribution in [3.05, 3.63) is 39.8 Å². The summed E-state index contributed by atoms with van der Waals surface area (Å²) in [7, 11) is 0. The van der Waals surface area contributed by atoms with E-state index in [9.17, 15) is 35.9 Å².